The Labute approximate surface area is 104 Å². The van der Waals surface area contributed by atoms with E-state index < -0.39 is 24.0 Å². The number of aromatic nitrogens is 1. The lowest BCUT2D eigenvalue weighted by molar-refractivity contribution is -0.274. The monoisotopic (exact) mass is 275 g/mol. The van der Waals surface area contributed by atoms with Crippen molar-refractivity contribution in [2.24, 2.45) is 0 Å². The molecule has 2 nitrogen and oxygen atoms in total. The summed E-state index contributed by atoms with van der Waals surface area (Å²) in [4.78, 5) is 2.99. The minimum Gasteiger partial charge on any atom is -0.406 e. The third kappa shape index (κ3) is 3.40. The summed E-state index contributed by atoms with van der Waals surface area (Å²) in [6, 6.07) is 6.62. The van der Waals surface area contributed by atoms with Gasteiger partial charge in [-0.05, 0) is 29.8 Å². The Bertz CT molecular complexity index is 580. The van der Waals surface area contributed by atoms with Crippen LogP contribution >= 0.6 is 0 Å². The van der Waals surface area contributed by atoms with Crippen LogP contribution in [-0.4, -0.2) is 11.3 Å². The Morgan fingerprint density at radius 2 is 1.53 bits per heavy atom. The van der Waals surface area contributed by atoms with Crippen LogP contribution in [0, 0.1) is 11.9 Å². The first kappa shape index (κ1) is 13.3. The fraction of sp³-hybridized carbons (Fsp3) is 0.0833. The maximum atomic E-state index is 13.3. The summed E-state index contributed by atoms with van der Waals surface area (Å²) < 4.78 is 65.5. The number of benzene rings is 1. The molecule has 0 amide bonds. The molecule has 0 aliphatic rings. The molecule has 0 radical (unpaired) electrons. The number of alkyl halides is 3. The average molecular weight is 275 g/mol. The fourth-order valence-electron chi connectivity index (χ4n) is 1.46. The number of rotatable bonds is 2. The Morgan fingerprint density at radius 1 is 0.895 bits per heavy atom. The van der Waals surface area contributed by atoms with E-state index in [2.05, 4.69) is 9.72 Å². The summed E-state index contributed by atoms with van der Waals surface area (Å²) in [5.41, 5.74) is 0.250. The first-order chi connectivity index (χ1) is 8.85. The van der Waals surface area contributed by atoms with Gasteiger partial charge in [-0.3, -0.25) is 0 Å². The van der Waals surface area contributed by atoms with Crippen molar-refractivity contribution in [1.82, 2.24) is 4.98 Å². The van der Waals surface area contributed by atoms with Gasteiger partial charge in [0.05, 0.1) is 0 Å². The summed E-state index contributed by atoms with van der Waals surface area (Å²) in [6.07, 6.45) is -4.79. The largest absolute Gasteiger partial charge is 0.573 e. The first-order valence-electron chi connectivity index (χ1n) is 5.03. The molecule has 0 saturated heterocycles. The van der Waals surface area contributed by atoms with Gasteiger partial charge < -0.3 is 4.74 Å². The molecule has 0 saturated carbocycles. The third-order valence-corrected chi connectivity index (χ3v) is 2.21. The molecule has 0 aliphatic heterocycles. The second kappa shape index (κ2) is 4.83. The molecule has 19 heavy (non-hydrogen) atoms. The van der Waals surface area contributed by atoms with E-state index in [-0.39, 0.29) is 11.1 Å². The molecule has 0 bridgehead atoms. The van der Waals surface area contributed by atoms with Crippen LogP contribution in [0.2, 0.25) is 0 Å². The van der Waals surface area contributed by atoms with Gasteiger partial charge in [0.15, 0.2) is 0 Å². The third-order valence-electron chi connectivity index (χ3n) is 2.21. The molecule has 0 spiro atoms. The van der Waals surface area contributed by atoms with E-state index in [0.29, 0.717) is 0 Å². The van der Waals surface area contributed by atoms with Gasteiger partial charge >= 0.3 is 6.36 Å². The molecule has 2 rings (SSSR count). The van der Waals surface area contributed by atoms with Crippen molar-refractivity contribution in [2.75, 3.05) is 0 Å². The molecule has 1 heterocycles. The van der Waals surface area contributed by atoms with Gasteiger partial charge in [-0.2, -0.15) is 13.8 Å². The van der Waals surface area contributed by atoms with Gasteiger partial charge in [-0.25, -0.2) is 0 Å². The van der Waals surface area contributed by atoms with Crippen molar-refractivity contribution in [3.05, 3.63) is 48.3 Å². The Balaban J connectivity index is 2.27. The topological polar surface area (TPSA) is 22.1 Å². The van der Waals surface area contributed by atoms with Crippen LogP contribution in [0.4, 0.5) is 22.0 Å². The molecule has 100 valence electrons. The highest BCUT2D eigenvalue weighted by atomic mass is 19.4. The lowest BCUT2D eigenvalue weighted by Gasteiger charge is -2.09. The molecule has 0 atom stereocenters. The van der Waals surface area contributed by atoms with E-state index >= 15 is 0 Å². The number of hydrogen-bond donors (Lipinski definition) is 0. The molecule has 1 aromatic heterocycles. The predicted octanol–water partition coefficient (Wildman–Crippen LogP) is 3.93. The van der Waals surface area contributed by atoms with E-state index in [4.69, 9.17) is 0 Å². The zero-order valence-electron chi connectivity index (χ0n) is 9.21. The Hall–Kier alpha value is -2.18. The molecule has 7 heteroatoms. The van der Waals surface area contributed by atoms with Gasteiger partial charge in [-0.15, -0.1) is 13.2 Å². The number of hydrogen-bond acceptors (Lipinski definition) is 2. The van der Waals surface area contributed by atoms with Crippen molar-refractivity contribution >= 4 is 0 Å². The molecule has 1 aromatic carbocycles. The first-order valence-corrected chi connectivity index (χ1v) is 5.03. The minimum atomic E-state index is -4.79. The number of nitrogens with zero attached hydrogens (tertiary/aromatic N) is 1. The smallest absolute Gasteiger partial charge is 0.406 e. The van der Waals surface area contributed by atoms with Gasteiger partial charge in [0.2, 0.25) is 11.9 Å². The van der Waals surface area contributed by atoms with Crippen molar-refractivity contribution < 1.29 is 26.7 Å². The highest BCUT2D eigenvalue weighted by Crippen LogP contribution is 2.27. The van der Waals surface area contributed by atoms with Crippen LogP contribution in [0.5, 0.6) is 5.75 Å². The molecule has 2 aromatic rings. The van der Waals surface area contributed by atoms with E-state index in [0.717, 1.165) is 24.3 Å². The highest BCUT2D eigenvalue weighted by molar-refractivity contribution is 5.63. The van der Waals surface area contributed by atoms with Crippen LogP contribution in [0.25, 0.3) is 11.1 Å². The average Bonchev–Trinajstić information content (AvgIpc) is 2.28. The fourth-order valence-corrected chi connectivity index (χ4v) is 1.46. The minimum absolute atomic E-state index is 0.0139. The Morgan fingerprint density at radius 3 is 2.05 bits per heavy atom. The highest BCUT2D eigenvalue weighted by Gasteiger charge is 2.30. The number of halogens is 5. The molecular formula is C12H6F5NO. The van der Waals surface area contributed by atoms with Crippen molar-refractivity contribution in [3.63, 3.8) is 0 Å². The summed E-state index contributed by atoms with van der Waals surface area (Å²) in [7, 11) is 0. The van der Waals surface area contributed by atoms with Gasteiger partial charge in [-0.1, -0.05) is 12.1 Å². The van der Waals surface area contributed by atoms with Crippen LogP contribution in [0.15, 0.2) is 36.4 Å². The molecule has 0 unspecified atom stereocenters. The van der Waals surface area contributed by atoms with E-state index in [1.807, 2.05) is 0 Å². The van der Waals surface area contributed by atoms with Gasteiger partial charge in [0.1, 0.15) is 5.75 Å². The van der Waals surface area contributed by atoms with Crippen LogP contribution in [0.1, 0.15) is 0 Å². The van der Waals surface area contributed by atoms with Crippen molar-refractivity contribution in [2.45, 2.75) is 6.36 Å². The summed E-state index contributed by atoms with van der Waals surface area (Å²) in [6.45, 7) is 0. The lowest BCUT2D eigenvalue weighted by Crippen LogP contribution is -2.16. The zero-order valence-corrected chi connectivity index (χ0v) is 9.21. The standard InChI is InChI=1S/C12H6F5NO/c13-10-6-5-9(11(14)18-10)7-1-3-8(4-2-7)19-12(15,16)17/h1-6H. The maximum Gasteiger partial charge on any atom is 0.573 e. The molecule has 0 fully saturated rings. The number of ether oxygens (including phenoxy) is 1. The SMILES string of the molecule is Fc1ccc(-c2ccc(OC(F)(F)F)cc2)c(F)n1. The quantitative estimate of drug-likeness (QED) is 0.612. The normalized spacial score (nSPS) is 11.4. The van der Waals surface area contributed by atoms with Gasteiger partial charge in [0, 0.05) is 5.56 Å². The zero-order chi connectivity index (χ0) is 14.0. The molecular weight excluding hydrogens is 269 g/mol. The lowest BCUT2D eigenvalue weighted by atomic mass is 10.1. The van der Waals surface area contributed by atoms with E-state index in [9.17, 15) is 22.0 Å². The van der Waals surface area contributed by atoms with E-state index in [1.165, 1.54) is 12.1 Å². The van der Waals surface area contributed by atoms with E-state index in [1.54, 1.807) is 0 Å². The van der Waals surface area contributed by atoms with Crippen molar-refractivity contribution in [3.8, 4) is 16.9 Å². The molecule has 0 N–H and O–H groups in total. The van der Waals surface area contributed by atoms with Crippen molar-refractivity contribution in [1.29, 1.82) is 0 Å². The summed E-state index contributed by atoms with van der Waals surface area (Å²) in [5, 5.41) is 0. The second-order valence-corrected chi connectivity index (χ2v) is 3.54. The van der Waals surface area contributed by atoms with Crippen LogP contribution in [-0.2, 0) is 0 Å². The predicted molar refractivity (Wildman–Crippen MR) is 56.3 cm³/mol. The summed E-state index contributed by atoms with van der Waals surface area (Å²) >= 11 is 0. The van der Waals surface area contributed by atoms with Gasteiger partial charge in [0.25, 0.3) is 0 Å². The second-order valence-electron chi connectivity index (χ2n) is 3.54. The van der Waals surface area contributed by atoms with Crippen LogP contribution < -0.4 is 4.74 Å². The Kier molecular flexibility index (Phi) is 3.37. The molecule has 0 aliphatic carbocycles. The maximum absolute atomic E-state index is 13.3. The number of pyridine rings is 1. The summed E-state index contributed by atoms with van der Waals surface area (Å²) in [5.74, 6) is -2.44. The van der Waals surface area contributed by atoms with Crippen LogP contribution in [0.3, 0.4) is 0 Å².